The molecule has 0 fully saturated rings. The average Bonchev–Trinajstić information content (AvgIpc) is 2.29. The van der Waals surface area contributed by atoms with Gasteiger partial charge in [0.1, 0.15) is 11.9 Å². The van der Waals surface area contributed by atoms with E-state index < -0.39 is 6.10 Å². The molecular formula is C13H18O2. The van der Waals surface area contributed by atoms with Gasteiger partial charge in [-0.1, -0.05) is 37.6 Å². The van der Waals surface area contributed by atoms with Crippen LogP contribution in [0.5, 0.6) is 5.75 Å². The van der Waals surface area contributed by atoms with E-state index in [1.54, 1.807) is 0 Å². The summed E-state index contributed by atoms with van der Waals surface area (Å²) < 4.78 is 5.59. The number of aliphatic hydroxyl groups is 1. The molecule has 1 rings (SSSR count). The monoisotopic (exact) mass is 206 g/mol. The van der Waals surface area contributed by atoms with Crippen molar-refractivity contribution in [3.8, 4) is 5.75 Å². The zero-order valence-corrected chi connectivity index (χ0v) is 9.15. The van der Waals surface area contributed by atoms with Crippen LogP contribution >= 0.6 is 0 Å². The van der Waals surface area contributed by atoms with Crippen LogP contribution < -0.4 is 4.74 Å². The van der Waals surface area contributed by atoms with Crippen molar-refractivity contribution >= 4 is 0 Å². The van der Waals surface area contributed by atoms with Crippen LogP contribution in [0.3, 0.4) is 0 Å². The Bertz CT molecular complexity index is 307. The number of hydrogen-bond acceptors (Lipinski definition) is 2. The zero-order chi connectivity index (χ0) is 11.1. The molecule has 0 bridgehead atoms. The molecule has 0 spiro atoms. The lowest BCUT2D eigenvalue weighted by molar-refractivity contribution is 0.218. The Morgan fingerprint density at radius 1 is 1.47 bits per heavy atom. The molecule has 0 aliphatic rings. The Morgan fingerprint density at radius 3 is 2.87 bits per heavy atom. The molecule has 0 heterocycles. The maximum Gasteiger partial charge on any atom is 0.125 e. The van der Waals surface area contributed by atoms with E-state index >= 15 is 0 Å². The van der Waals surface area contributed by atoms with Gasteiger partial charge in [0.25, 0.3) is 0 Å². The van der Waals surface area contributed by atoms with E-state index in [1.807, 2.05) is 24.3 Å². The first-order valence-corrected chi connectivity index (χ1v) is 5.32. The van der Waals surface area contributed by atoms with Crippen molar-refractivity contribution in [3.63, 3.8) is 0 Å². The molecular weight excluding hydrogens is 188 g/mol. The van der Waals surface area contributed by atoms with Crippen molar-refractivity contribution < 1.29 is 9.84 Å². The van der Waals surface area contributed by atoms with Crippen LogP contribution in [0.25, 0.3) is 0 Å². The van der Waals surface area contributed by atoms with Crippen LogP contribution in [0.1, 0.15) is 31.4 Å². The number of para-hydroxylation sites is 1. The molecule has 15 heavy (non-hydrogen) atoms. The van der Waals surface area contributed by atoms with E-state index in [1.165, 1.54) is 6.08 Å². The molecule has 1 aromatic rings. The lowest BCUT2D eigenvalue weighted by atomic mass is 10.1. The predicted octanol–water partition coefficient (Wildman–Crippen LogP) is 3.08. The fraction of sp³-hybridized carbons (Fsp3) is 0.385. The summed E-state index contributed by atoms with van der Waals surface area (Å²) in [5.74, 6) is 0.748. The summed E-state index contributed by atoms with van der Waals surface area (Å²) in [6.07, 6.45) is 2.98. The molecule has 1 aromatic carbocycles. The average molecular weight is 206 g/mol. The van der Waals surface area contributed by atoms with Crippen molar-refractivity contribution in [2.24, 2.45) is 0 Å². The number of hydrogen-bond donors (Lipinski definition) is 1. The van der Waals surface area contributed by atoms with Gasteiger partial charge >= 0.3 is 0 Å². The summed E-state index contributed by atoms with van der Waals surface area (Å²) in [5, 5.41) is 9.67. The number of ether oxygens (including phenoxy) is 1. The summed E-state index contributed by atoms with van der Waals surface area (Å²) in [6, 6.07) is 7.51. The van der Waals surface area contributed by atoms with Crippen molar-refractivity contribution in [2.45, 2.75) is 25.9 Å². The van der Waals surface area contributed by atoms with Gasteiger partial charge in [0, 0.05) is 5.56 Å². The van der Waals surface area contributed by atoms with Gasteiger partial charge in [-0.2, -0.15) is 0 Å². The fourth-order valence-corrected chi connectivity index (χ4v) is 1.31. The molecule has 0 radical (unpaired) electrons. The van der Waals surface area contributed by atoms with Crippen LogP contribution in [0.15, 0.2) is 36.9 Å². The highest BCUT2D eigenvalue weighted by molar-refractivity contribution is 5.36. The van der Waals surface area contributed by atoms with Crippen molar-refractivity contribution in [1.82, 2.24) is 0 Å². The number of benzene rings is 1. The van der Waals surface area contributed by atoms with E-state index in [-0.39, 0.29) is 0 Å². The molecule has 2 nitrogen and oxygen atoms in total. The molecule has 2 heteroatoms. The van der Waals surface area contributed by atoms with Gasteiger partial charge in [-0.15, -0.1) is 6.58 Å². The molecule has 0 saturated heterocycles. The van der Waals surface area contributed by atoms with E-state index in [4.69, 9.17) is 4.74 Å². The lowest BCUT2D eigenvalue weighted by Gasteiger charge is -2.13. The third-order valence-electron chi connectivity index (χ3n) is 2.22. The topological polar surface area (TPSA) is 29.5 Å². The second-order valence-electron chi connectivity index (χ2n) is 3.42. The molecule has 0 aliphatic carbocycles. The first kappa shape index (κ1) is 11.8. The van der Waals surface area contributed by atoms with Crippen molar-refractivity contribution in [3.05, 3.63) is 42.5 Å². The third-order valence-corrected chi connectivity index (χ3v) is 2.22. The molecule has 1 unspecified atom stereocenters. The van der Waals surface area contributed by atoms with Crippen LogP contribution in [-0.2, 0) is 0 Å². The van der Waals surface area contributed by atoms with Crippen LogP contribution in [0.4, 0.5) is 0 Å². The van der Waals surface area contributed by atoms with Gasteiger partial charge in [-0.3, -0.25) is 0 Å². The second kappa shape index (κ2) is 6.25. The first-order chi connectivity index (χ1) is 7.29. The Balaban J connectivity index is 2.72. The minimum absolute atomic E-state index is 0.650. The largest absolute Gasteiger partial charge is 0.493 e. The summed E-state index contributed by atoms with van der Waals surface area (Å²) in [4.78, 5) is 0. The highest BCUT2D eigenvalue weighted by Crippen LogP contribution is 2.25. The van der Waals surface area contributed by atoms with Crippen LogP contribution in [0, 0.1) is 0 Å². The Morgan fingerprint density at radius 2 is 2.20 bits per heavy atom. The molecule has 0 saturated carbocycles. The van der Waals surface area contributed by atoms with Gasteiger partial charge in [-0.05, 0) is 12.5 Å². The predicted molar refractivity (Wildman–Crippen MR) is 62.0 cm³/mol. The van der Waals surface area contributed by atoms with Gasteiger partial charge in [-0.25, -0.2) is 0 Å². The Kier molecular flexibility index (Phi) is 4.91. The fourth-order valence-electron chi connectivity index (χ4n) is 1.31. The van der Waals surface area contributed by atoms with E-state index in [2.05, 4.69) is 13.5 Å². The van der Waals surface area contributed by atoms with Gasteiger partial charge < -0.3 is 9.84 Å². The van der Waals surface area contributed by atoms with E-state index in [0.29, 0.717) is 6.61 Å². The summed E-state index contributed by atoms with van der Waals surface area (Å²) in [5.41, 5.74) is 0.781. The minimum atomic E-state index is -0.650. The minimum Gasteiger partial charge on any atom is -0.493 e. The smallest absolute Gasteiger partial charge is 0.125 e. The third kappa shape index (κ3) is 3.40. The highest BCUT2D eigenvalue weighted by atomic mass is 16.5. The SMILES string of the molecule is C=CC(O)c1ccccc1OCCCC. The summed E-state index contributed by atoms with van der Waals surface area (Å²) >= 11 is 0. The van der Waals surface area contributed by atoms with E-state index in [0.717, 1.165) is 24.2 Å². The maximum atomic E-state index is 9.67. The number of unbranched alkanes of at least 4 members (excludes halogenated alkanes) is 1. The standard InChI is InChI=1S/C13H18O2/c1-3-5-10-15-13-9-7-6-8-11(13)12(14)4-2/h4,6-9,12,14H,2-3,5,10H2,1H3. The lowest BCUT2D eigenvalue weighted by Crippen LogP contribution is -2.02. The molecule has 1 atom stereocenters. The first-order valence-electron chi connectivity index (χ1n) is 5.32. The van der Waals surface area contributed by atoms with Gasteiger partial charge in [0.05, 0.1) is 6.61 Å². The van der Waals surface area contributed by atoms with E-state index in [9.17, 15) is 5.11 Å². The molecule has 82 valence electrons. The van der Waals surface area contributed by atoms with Crippen LogP contribution in [0.2, 0.25) is 0 Å². The maximum absolute atomic E-state index is 9.67. The zero-order valence-electron chi connectivity index (χ0n) is 9.15. The Hall–Kier alpha value is -1.28. The quantitative estimate of drug-likeness (QED) is 0.572. The summed E-state index contributed by atoms with van der Waals surface area (Å²) in [7, 11) is 0. The molecule has 1 N–H and O–H groups in total. The molecule has 0 aromatic heterocycles. The van der Waals surface area contributed by atoms with Gasteiger partial charge in [0.15, 0.2) is 0 Å². The van der Waals surface area contributed by atoms with Crippen LogP contribution in [-0.4, -0.2) is 11.7 Å². The number of aliphatic hydroxyl groups excluding tert-OH is 1. The second-order valence-corrected chi connectivity index (χ2v) is 3.42. The molecule has 0 aliphatic heterocycles. The highest BCUT2D eigenvalue weighted by Gasteiger charge is 2.08. The molecule has 0 amide bonds. The normalized spacial score (nSPS) is 12.1. The Labute approximate surface area is 91.2 Å². The van der Waals surface area contributed by atoms with Crippen molar-refractivity contribution in [2.75, 3.05) is 6.61 Å². The summed E-state index contributed by atoms with van der Waals surface area (Å²) in [6.45, 7) is 6.38. The van der Waals surface area contributed by atoms with Crippen molar-refractivity contribution in [1.29, 1.82) is 0 Å². The number of rotatable bonds is 6. The van der Waals surface area contributed by atoms with Gasteiger partial charge in [0.2, 0.25) is 0 Å².